The summed E-state index contributed by atoms with van der Waals surface area (Å²) in [6.07, 6.45) is 0. The van der Waals surface area contributed by atoms with E-state index in [0.29, 0.717) is 10.7 Å². The summed E-state index contributed by atoms with van der Waals surface area (Å²) in [6.45, 7) is 7.28. The van der Waals surface area contributed by atoms with Crippen LogP contribution in [0.3, 0.4) is 0 Å². The van der Waals surface area contributed by atoms with Gasteiger partial charge in [0.15, 0.2) is 5.13 Å². The lowest BCUT2D eigenvalue weighted by Crippen LogP contribution is -2.15. The van der Waals surface area contributed by atoms with Crippen molar-refractivity contribution in [3.05, 3.63) is 33.8 Å². The zero-order chi connectivity index (χ0) is 15.8. The Bertz CT molecular complexity index is 780. The van der Waals surface area contributed by atoms with Gasteiger partial charge < -0.3 is 4.74 Å². The van der Waals surface area contributed by atoms with Crippen molar-refractivity contribution in [1.29, 1.82) is 0 Å². The molecular formula is C14H18N2O3S2. The molecule has 114 valence electrons. The molecule has 7 heteroatoms. The molecule has 0 aliphatic carbocycles. The average molecular weight is 326 g/mol. The number of nitrogens with zero attached hydrogens (tertiary/aromatic N) is 1. The van der Waals surface area contributed by atoms with E-state index in [1.54, 1.807) is 25.5 Å². The van der Waals surface area contributed by atoms with Crippen LogP contribution < -0.4 is 9.46 Å². The number of nitrogens with one attached hydrogen (secondary N) is 1. The largest absolute Gasteiger partial charge is 0.496 e. The molecule has 2 rings (SSSR count). The molecule has 1 N–H and O–H groups in total. The molecule has 2 aromatic rings. The van der Waals surface area contributed by atoms with Crippen molar-refractivity contribution >= 4 is 26.5 Å². The van der Waals surface area contributed by atoms with Crippen LogP contribution in [-0.2, 0) is 10.0 Å². The van der Waals surface area contributed by atoms with Gasteiger partial charge in [0.2, 0.25) is 0 Å². The molecule has 0 spiro atoms. The van der Waals surface area contributed by atoms with E-state index in [9.17, 15) is 8.42 Å². The fourth-order valence-electron chi connectivity index (χ4n) is 2.19. The highest BCUT2D eigenvalue weighted by Gasteiger charge is 2.22. The Labute approximate surface area is 129 Å². The van der Waals surface area contributed by atoms with Gasteiger partial charge in [-0.3, -0.25) is 4.72 Å². The van der Waals surface area contributed by atoms with Crippen molar-refractivity contribution in [3.8, 4) is 5.75 Å². The summed E-state index contributed by atoms with van der Waals surface area (Å²) in [5.74, 6) is 0.719. The van der Waals surface area contributed by atoms with Gasteiger partial charge in [0.1, 0.15) is 5.75 Å². The minimum atomic E-state index is -3.66. The standard InChI is InChI=1S/C14H18N2O3S2/c1-8-6-12(10(3)11(4)13(8)19-5)21(17,18)16-14-15-9(2)7-20-14/h6-7H,1-5H3,(H,15,16). The number of hydrogen-bond acceptors (Lipinski definition) is 5. The first-order valence-electron chi connectivity index (χ1n) is 6.36. The number of methoxy groups -OCH3 is 1. The van der Waals surface area contributed by atoms with E-state index in [1.165, 1.54) is 11.3 Å². The summed E-state index contributed by atoms with van der Waals surface area (Å²) in [7, 11) is -2.08. The number of aromatic nitrogens is 1. The molecule has 0 unspecified atom stereocenters. The van der Waals surface area contributed by atoms with Crippen LogP contribution in [0.4, 0.5) is 5.13 Å². The number of sulfonamides is 1. The molecule has 0 saturated heterocycles. The molecule has 5 nitrogen and oxygen atoms in total. The summed E-state index contributed by atoms with van der Waals surface area (Å²) in [5.41, 5.74) is 3.08. The van der Waals surface area contributed by atoms with Gasteiger partial charge in [0, 0.05) is 5.38 Å². The molecule has 0 aliphatic heterocycles. The monoisotopic (exact) mass is 326 g/mol. The highest BCUT2D eigenvalue weighted by molar-refractivity contribution is 7.93. The van der Waals surface area contributed by atoms with Crippen molar-refractivity contribution in [2.45, 2.75) is 32.6 Å². The number of anilines is 1. The third-order valence-electron chi connectivity index (χ3n) is 3.31. The van der Waals surface area contributed by atoms with Crippen LogP contribution >= 0.6 is 11.3 Å². The highest BCUT2D eigenvalue weighted by atomic mass is 32.2. The summed E-state index contributed by atoms with van der Waals surface area (Å²) >= 11 is 1.27. The molecule has 0 amide bonds. The molecule has 0 atom stereocenters. The number of hydrogen-bond donors (Lipinski definition) is 1. The fraction of sp³-hybridized carbons (Fsp3) is 0.357. The van der Waals surface area contributed by atoms with Crippen LogP contribution in [-0.4, -0.2) is 20.5 Å². The van der Waals surface area contributed by atoms with E-state index in [4.69, 9.17) is 4.74 Å². The third kappa shape index (κ3) is 3.03. The zero-order valence-corrected chi connectivity index (χ0v) is 14.3. The van der Waals surface area contributed by atoms with Gasteiger partial charge >= 0.3 is 0 Å². The summed E-state index contributed by atoms with van der Waals surface area (Å²) in [4.78, 5) is 4.39. The molecule has 0 fully saturated rings. The van der Waals surface area contributed by atoms with E-state index in [1.807, 2.05) is 20.8 Å². The zero-order valence-electron chi connectivity index (χ0n) is 12.6. The number of aryl methyl sites for hydroxylation is 2. The second-order valence-electron chi connectivity index (χ2n) is 4.87. The molecule has 1 aromatic carbocycles. The van der Waals surface area contributed by atoms with Gasteiger partial charge in [-0.05, 0) is 50.5 Å². The molecule has 0 aliphatic rings. The summed E-state index contributed by atoms with van der Waals surface area (Å²) in [6, 6.07) is 1.63. The first kappa shape index (κ1) is 15.8. The van der Waals surface area contributed by atoms with Crippen molar-refractivity contribution in [1.82, 2.24) is 4.98 Å². The molecular weight excluding hydrogens is 308 g/mol. The Hall–Kier alpha value is -1.60. The number of ether oxygens (including phenoxy) is 1. The minimum absolute atomic E-state index is 0.256. The average Bonchev–Trinajstić information content (AvgIpc) is 2.79. The number of rotatable bonds is 4. The molecule has 21 heavy (non-hydrogen) atoms. The van der Waals surface area contributed by atoms with Crippen LogP contribution in [0.2, 0.25) is 0 Å². The van der Waals surface area contributed by atoms with Gasteiger partial charge in [-0.1, -0.05) is 0 Å². The maximum absolute atomic E-state index is 12.6. The van der Waals surface area contributed by atoms with Crippen LogP contribution in [0, 0.1) is 27.7 Å². The molecule has 0 radical (unpaired) electrons. The Balaban J connectivity index is 2.50. The molecule has 1 aromatic heterocycles. The molecule has 0 saturated carbocycles. The third-order valence-corrected chi connectivity index (χ3v) is 5.78. The Morgan fingerprint density at radius 2 is 1.86 bits per heavy atom. The first-order valence-corrected chi connectivity index (χ1v) is 8.72. The lowest BCUT2D eigenvalue weighted by atomic mass is 10.1. The quantitative estimate of drug-likeness (QED) is 0.937. The van der Waals surface area contributed by atoms with Gasteiger partial charge in [-0.25, -0.2) is 13.4 Å². The van der Waals surface area contributed by atoms with Gasteiger partial charge in [0.25, 0.3) is 10.0 Å². The topological polar surface area (TPSA) is 68.3 Å². The second-order valence-corrected chi connectivity index (χ2v) is 7.38. The van der Waals surface area contributed by atoms with E-state index < -0.39 is 10.0 Å². The van der Waals surface area contributed by atoms with Crippen LogP contribution in [0.25, 0.3) is 0 Å². The van der Waals surface area contributed by atoms with Gasteiger partial charge in [0.05, 0.1) is 17.7 Å². The lowest BCUT2D eigenvalue weighted by molar-refractivity contribution is 0.407. The normalized spacial score (nSPS) is 11.5. The van der Waals surface area contributed by atoms with Crippen molar-refractivity contribution in [2.24, 2.45) is 0 Å². The lowest BCUT2D eigenvalue weighted by Gasteiger charge is -2.16. The van der Waals surface area contributed by atoms with Crippen LogP contribution in [0.1, 0.15) is 22.4 Å². The minimum Gasteiger partial charge on any atom is -0.496 e. The Morgan fingerprint density at radius 1 is 1.19 bits per heavy atom. The predicted octanol–water partition coefficient (Wildman–Crippen LogP) is 3.19. The Kier molecular flexibility index (Phi) is 4.25. The maximum Gasteiger partial charge on any atom is 0.263 e. The Morgan fingerprint density at radius 3 is 2.38 bits per heavy atom. The van der Waals surface area contributed by atoms with Gasteiger partial charge in [-0.15, -0.1) is 11.3 Å². The van der Waals surface area contributed by atoms with Crippen LogP contribution in [0.5, 0.6) is 5.75 Å². The first-order chi connectivity index (χ1) is 9.76. The van der Waals surface area contributed by atoms with Crippen molar-refractivity contribution in [2.75, 3.05) is 11.8 Å². The SMILES string of the molecule is COc1c(C)cc(S(=O)(=O)Nc2nc(C)cs2)c(C)c1C. The van der Waals surface area contributed by atoms with E-state index in [-0.39, 0.29) is 4.90 Å². The smallest absolute Gasteiger partial charge is 0.263 e. The molecule has 1 heterocycles. The van der Waals surface area contributed by atoms with Gasteiger partial charge in [-0.2, -0.15) is 0 Å². The number of benzene rings is 1. The van der Waals surface area contributed by atoms with Crippen molar-refractivity contribution in [3.63, 3.8) is 0 Å². The fourth-order valence-corrected chi connectivity index (χ4v) is 4.51. The number of thiazole rings is 1. The summed E-state index contributed by atoms with van der Waals surface area (Å²) in [5, 5.41) is 2.17. The maximum atomic E-state index is 12.6. The predicted molar refractivity (Wildman–Crippen MR) is 84.9 cm³/mol. The van der Waals surface area contributed by atoms with E-state index in [2.05, 4.69) is 9.71 Å². The van der Waals surface area contributed by atoms with Crippen LogP contribution in [0.15, 0.2) is 16.3 Å². The summed E-state index contributed by atoms with van der Waals surface area (Å²) < 4.78 is 32.9. The van der Waals surface area contributed by atoms with Crippen molar-refractivity contribution < 1.29 is 13.2 Å². The van der Waals surface area contributed by atoms with E-state index in [0.717, 1.165) is 22.6 Å². The highest BCUT2D eigenvalue weighted by Crippen LogP contribution is 2.32. The van der Waals surface area contributed by atoms with E-state index >= 15 is 0 Å². The molecule has 0 bridgehead atoms. The second kappa shape index (κ2) is 5.65.